The van der Waals surface area contributed by atoms with Crippen LogP contribution in [-0.4, -0.2) is 0 Å². The van der Waals surface area contributed by atoms with E-state index in [-0.39, 0.29) is 12.4 Å². The predicted molar refractivity (Wildman–Crippen MR) is 54.1 cm³/mol. The highest BCUT2D eigenvalue weighted by Gasteiger charge is 1.93. The van der Waals surface area contributed by atoms with E-state index in [4.69, 9.17) is 11.6 Å². The van der Waals surface area contributed by atoms with Crippen molar-refractivity contribution in [1.29, 1.82) is 0 Å². The van der Waals surface area contributed by atoms with E-state index in [0.29, 0.717) is 0 Å². The molecule has 1 heterocycles. The molecule has 1 aromatic heterocycles. The third-order valence-corrected chi connectivity index (χ3v) is 2.55. The zero-order valence-electron chi connectivity index (χ0n) is 5.58. The molecule has 3 heteroatoms. The summed E-state index contributed by atoms with van der Waals surface area (Å²) >= 11 is 7.52. The average Bonchev–Trinajstić information content (AvgIpc) is 2.33. The van der Waals surface area contributed by atoms with Crippen LogP contribution in [0.15, 0.2) is 29.6 Å². The van der Waals surface area contributed by atoms with Gasteiger partial charge in [0.1, 0.15) is 0 Å². The van der Waals surface area contributed by atoms with Crippen molar-refractivity contribution in [3.05, 3.63) is 34.7 Å². The van der Waals surface area contributed by atoms with Crippen LogP contribution in [0.2, 0.25) is 5.02 Å². The first-order chi connectivity index (χ1) is 4.86. The van der Waals surface area contributed by atoms with E-state index in [1.54, 1.807) is 11.3 Å². The Labute approximate surface area is 80.2 Å². The highest BCUT2D eigenvalue weighted by Crippen LogP contribution is 2.23. The molecule has 0 unspecified atom stereocenters. The average molecular weight is 205 g/mol. The predicted octanol–water partition coefficient (Wildman–Crippen LogP) is 3.98. The second-order valence-corrected chi connectivity index (χ2v) is 3.49. The van der Waals surface area contributed by atoms with Crippen LogP contribution in [0.1, 0.15) is 0 Å². The van der Waals surface area contributed by atoms with Gasteiger partial charge in [0.05, 0.1) is 0 Å². The van der Waals surface area contributed by atoms with Gasteiger partial charge in [-0.05, 0) is 35.0 Å². The lowest BCUT2D eigenvalue weighted by molar-refractivity contribution is 1.85. The normalized spacial score (nSPS) is 9.55. The van der Waals surface area contributed by atoms with Gasteiger partial charge in [-0.1, -0.05) is 11.6 Å². The van der Waals surface area contributed by atoms with Crippen molar-refractivity contribution in [1.82, 2.24) is 0 Å². The second kappa shape index (κ2) is 3.44. The van der Waals surface area contributed by atoms with Gasteiger partial charge in [0.2, 0.25) is 0 Å². The Balaban J connectivity index is 0.000000605. The van der Waals surface area contributed by atoms with E-state index < -0.39 is 0 Å². The lowest BCUT2D eigenvalue weighted by atomic mass is 10.3. The zero-order chi connectivity index (χ0) is 6.97. The highest BCUT2D eigenvalue weighted by atomic mass is 35.5. The molecule has 0 amide bonds. The van der Waals surface area contributed by atoms with E-state index in [0.717, 1.165) is 5.02 Å². The maximum Gasteiger partial charge on any atom is 0.0412 e. The number of fused-ring (bicyclic) bond motifs is 1. The summed E-state index contributed by atoms with van der Waals surface area (Å²) in [6.07, 6.45) is 0. The maximum atomic E-state index is 5.78. The van der Waals surface area contributed by atoms with Crippen LogP contribution in [0.5, 0.6) is 0 Å². The van der Waals surface area contributed by atoms with Crippen molar-refractivity contribution in [2.45, 2.75) is 0 Å². The van der Waals surface area contributed by atoms with E-state index in [1.807, 2.05) is 18.2 Å². The molecule has 0 spiro atoms. The summed E-state index contributed by atoms with van der Waals surface area (Å²) in [6.45, 7) is 0. The Bertz CT molecular complexity index is 354. The van der Waals surface area contributed by atoms with Crippen LogP contribution in [0, 0.1) is 0 Å². The Hall–Kier alpha value is -0.240. The minimum Gasteiger partial charge on any atom is -0.147 e. The van der Waals surface area contributed by atoms with Crippen LogP contribution in [0.25, 0.3) is 10.1 Å². The molecule has 0 aliphatic heterocycles. The van der Waals surface area contributed by atoms with E-state index in [9.17, 15) is 0 Å². The SMILES string of the molecule is Cl.Clc1ccc2sccc2c1. The Morgan fingerprint density at radius 2 is 2.00 bits per heavy atom. The van der Waals surface area contributed by atoms with Gasteiger partial charge < -0.3 is 0 Å². The van der Waals surface area contributed by atoms with Crippen molar-refractivity contribution in [3.8, 4) is 0 Å². The highest BCUT2D eigenvalue weighted by molar-refractivity contribution is 7.17. The van der Waals surface area contributed by atoms with Gasteiger partial charge in [0, 0.05) is 9.72 Å². The molecule has 1 aromatic carbocycles. The molecule has 0 bridgehead atoms. The molecule has 0 aliphatic carbocycles. The summed E-state index contributed by atoms with van der Waals surface area (Å²) < 4.78 is 1.30. The second-order valence-electron chi connectivity index (χ2n) is 2.10. The molecule has 11 heavy (non-hydrogen) atoms. The number of hydrogen-bond acceptors (Lipinski definition) is 1. The van der Waals surface area contributed by atoms with Gasteiger partial charge in [-0.3, -0.25) is 0 Å². The van der Waals surface area contributed by atoms with Crippen LogP contribution < -0.4 is 0 Å². The smallest absolute Gasteiger partial charge is 0.0412 e. The summed E-state index contributed by atoms with van der Waals surface area (Å²) in [5.74, 6) is 0. The molecule has 0 saturated heterocycles. The van der Waals surface area contributed by atoms with Crippen LogP contribution in [0.3, 0.4) is 0 Å². The Kier molecular flexibility index (Phi) is 2.77. The first kappa shape index (κ1) is 8.85. The number of hydrogen-bond donors (Lipinski definition) is 0. The fourth-order valence-corrected chi connectivity index (χ4v) is 1.89. The monoisotopic (exact) mass is 204 g/mol. The summed E-state index contributed by atoms with van der Waals surface area (Å²) in [5.41, 5.74) is 0. The van der Waals surface area contributed by atoms with Crippen LogP contribution in [-0.2, 0) is 0 Å². The first-order valence-electron chi connectivity index (χ1n) is 2.99. The molecule has 0 aliphatic rings. The molecule has 2 aromatic rings. The minimum absolute atomic E-state index is 0. The summed E-state index contributed by atoms with van der Waals surface area (Å²) in [6, 6.07) is 8.02. The van der Waals surface area contributed by atoms with Gasteiger partial charge in [0.15, 0.2) is 0 Å². The number of thiophene rings is 1. The largest absolute Gasteiger partial charge is 0.147 e. The number of rotatable bonds is 0. The lowest BCUT2D eigenvalue weighted by Crippen LogP contribution is -1.61. The van der Waals surface area contributed by atoms with Gasteiger partial charge in [-0.25, -0.2) is 0 Å². The fourth-order valence-electron chi connectivity index (χ4n) is 0.938. The van der Waals surface area contributed by atoms with Crippen LogP contribution in [0.4, 0.5) is 0 Å². The fraction of sp³-hybridized carbons (Fsp3) is 0. The zero-order valence-corrected chi connectivity index (χ0v) is 7.97. The Morgan fingerprint density at radius 1 is 1.18 bits per heavy atom. The van der Waals surface area contributed by atoms with Gasteiger partial charge in [-0.15, -0.1) is 23.7 Å². The molecule has 58 valence electrons. The molecule has 0 nitrogen and oxygen atoms in total. The molecule has 0 radical (unpaired) electrons. The van der Waals surface area contributed by atoms with Gasteiger partial charge in [0.25, 0.3) is 0 Å². The lowest BCUT2D eigenvalue weighted by Gasteiger charge is -1.88. The molecule has 2 rings (SSSR count). The van der Waals surface area contributed by atoms with Crippen molar-refractivity contribution >= 4 is 45.4 Å². The van der Waals surface area contributed by atoms with Gasteiger partial charge in [-0.2, -0.15) is 0 Å². The minimum atomic E-state index is 0. The van der Waals surface area contributed by atoms with E-state index >= 15 is 0 Å². The molecule has 0 saturated carbocycles. The van der Waals surface area contributed by atoms with Crippen molar-refractivity contribution in [2.75, 3.05) is 0 Å². The van der Waals surface area contributed by atoms with Gasteiger partial charge >= 0.3 is 0 Å². The third-order valence-electron chi connectivity index (χ3n) is 1.41. The van der Waals surface area contributed by atoms with E-state index in [2.05, 4.69) is 11.4 Å². The maximum absolute atomic E-state index is 5.78. The summed E-state index contributed by atoms with van der Waals surface area (Å²) in [7, 11) is 0. The summed E-state index contributed by atoms with van der Waals surface area (Å²) in [5, 5.41) is 4.12. The van der Waals surface area contributed by atoms with Crippen molar-refractivity contribution in [3.63, 3.8) is 0 Å². The van der Waals surface area contributed by atoms with Crippen molar-refractivity contribution in [2.24, 2.45) is 0 Å². The molecular weight excluding hydrogens is 199 g/mol. The molecule has 0 fully saturated rings. The number of halogens is 2. The first-order valence-corrected chi connectivity index (χ1v) is 4.25. The quantitative estimate of drug-likeness (QED) is 0.610. The molecule has 0 N–H and O–H groups in total. The third kappa shape index (κ3) is 1.67. The van der Waals surface area contributed by atoms with Crippen LogP contribution >= 0.6 is 35.3 Å². The summed E-state index contributed by atoms with van der Waals surface area (Å²) in [4.78, 5) is 0. The Morgan fingerprint density at radius 3 is 2.82 bits per heavy atom. The van der Waals surface area contributed by atoms with E-state index in [1.165, 1.54) is 10.1 Å². The molecular formula is C8H6Cl2S. The number of benzene rings is 1. The standard InChI is InChI=1S/C8H5ClS.ClH/c9-7-1-2-8-6(5-7)3-4-10-8;/h1-5H;1H. The van der Waals surface area contributed by atoms with Crippen molar-refractivity contribution < 1.29 is 0 Å². The topological polar surface area (TPSA) is 0 Å². The molecule has 0 atom stereocenters.